The largest absolute Gasteiger partial charge is 0.449 e. The second kappa shape index (κ2) is 5.19. The number of aliphatic hydroxyl groups is 1. The van der Waals surface area contributed by atoms with Crippen molar-refractivity contribution in [1.29, 1.82) is 0 Å². The molecule has 1 aliphatic heterocycles. The Bertz CT molecular complexity index is 369. The molecule has 1 saturated heterocycles. The first-order valence-corrected chi connectivity index (χ1v) is 6.88. The number of hydrogen-bond acceptors (Lipinski definition) is 5. The van der Waals surface area contributed by atoms with Gasteiger partial charge in [0.05, 0.1) is 12.2 Å². The van der Waals surface area contributed by atoms with Crippen molar-refractivity contribution < 1.29 is 23.1 Å². The van der Waals surface area contributed by atoms with Crippen molar-refractivity contribution in [2.75, 3.05) is 19.7 Å². The van der Waals surface area contributed by atoms with Gasteiger partial charge in [0.1, 0.15) is 0 Å². The van der Waals surface area contributed by atoms with E-state index >= 15 is 0 Å². The van der Waals surface area contributed by atoms with Crippen molar-refractivity contribution in [2.24, 2.45) is 0 Å². The molecule has 0 aromatic carbocycles. The highest BCUT2D eigenvalue weighted by Crippen LogP contribution is 2.22. The monoisotopic (exact) mass is 266 g/mol. The van der Waals surface area contributed by atoms with Crippen LogP contribution in [-0.4, -0.2) is 49.2 Å². The van der Waals surface area contributed by atoms with Crippen molar-refractivity contribution in [1.82, 2.24) is 9.03 Å². The number of nitrogens with one attached hydrogen (secondary N) is 1. The second-order valence-corrected chi connectivity index (χ2v) is 5.89. The first kappa shape index (κ1) is 14.2. The maximum Gasteiger partial charge on any atom is 0.421 e. The summed E-state index contributed by atoms with van der Waals surface area (Å²) in [7, 11) is -3.86. The molecule has 17 heavy (non-hydrogen) atoms. The van der Waals surface area contributed by atoms with Crippen LogP contribution in [0.2, 0.25) is 0 Å². The smallest absolute Gasteiger partial charge is 0.421 e. The molecule has 1 amide bonds. The molecule has 1 fully saturated rings. The first-order chi connectivity index (χ1) is 7.77. The SMILES string of the molecule is CCOC(=O)NS(=O)(=O)N1CCC(C)(O)CC1. The van der Waals surface area contributed by atoms with Crippen molar-refractivity contribution in [3.63, 3.8) is 0 Å². The van der Waals surface area contributed by atoms with Crippen LogP contribution in [0.25, 0.3) is 0 Å². The standard InChI is InChI=1S/C9H18N2O5S/c1-3-16-8(12)10-17(14,15)11-6-4-9(2,13)5-7-11/h13H,3-7H2,1-2H3,(H,10,12). The highest BCUT2D eigenvalue weighted by molar-refractivity contribution is 7.87. The lowest BCUT2D eigenvalue weighted by Crippen LogP contribution is -2.50. The van der Waals surface area contributed by atoms with E-state index in [0.29, 0.717) is 12.8 Å². The summed E-state index contributed by atoms with van der Waals surface area (Å²) in [5.41, 5.74) is -0.837. The van der Waals surface area contributed by atoms with Crippen LogP contribution in [0, 0.1) is 0 Å². The van der Waals surface area contributed by atoms with E-state index in [1.165, 1.54) is 0 Å². The van der Waals surface area contributed by atoms with E-state index in [1.54, 1.807) is 13.8 Å². The van der Waals surface area contributed by atoms with Crippen LogP contribution in [0.15, 0.2) is 0 Å². The van der Waals surface area contributed by atoms with Crippen LogP contribution >= 0.6 is 0 Å². The fourth-order valence-corrected chi connectivity index (χ4v) is 2.60. The van der Waals surface area contributed by atoms with Crippen LogP contribution in [0.3, 0.4) is 0 Å². The minimum atomic E-state index is -3.86. The van der Waals surface area contributed by atoms with Gasteiger partial charge in [-0.2, -0.15) is 12.7 Å². The van der Waals surface area contributed by atoms with Crippen LogP contribution < -0.4 is 4.72 Å². The molecular weight excluding hydrogens is 248 g/mol. The van der Waals surface area contributed by atoms with Crippen LogP contribution in [0.1, 0.15) is 26.7 Å². The van der Waals surface area contributed by atoms with Gasteiger partial charge in [0.15, 0.2) is 0 Å². The molecule has 0 saturated carbocycles. The van der Waals surface area contributed by atoms with Gasteiger partial charge in [-0.3, -0.25) is 0 Å². The second-order valence-electron chi connectivity index (χ2n) is 4.22. The van der Waals surface area contributed by atoms with Gasteiger partial charge in [-0.25, -0.2) is 9.52 Å². The molecule has 8 heteroatoms. The van der Waals surface area contributed by atoms with E-state index in [-0.39, 0.29) is 19.7 Å². The van der Waals surface area contributed by atoms with E-state index < -0.39 is 21.9 Å². The van der Waals surface area contributed by atoms with E-state index in [2.05, 4.69) is 4.74 Å². The number of rotatable bonds is 3. The molecule has 1 heterocycles. The Kier molecular flexibility index (Phi) is 4.34. The zero-order chi connectivity index (χ0) is 13.1. The molecule has 0 aromatic heterocycles. The summed E-state index contributed by atoms with van der Waals surface area (Å²) in [5.74, 6) is 0. The topological polar surface area (TPSA) is 95.9 Å². The lowest BCUT2D eigenvalue weighted by atomic mass is 9.95. The number of ether oxygens (including phenoxy) is 1. The highest BCUT2D eigenvalue weighted by Gasteiger charge is 2.34. The van der Waals surface area contributed by atoms with Crippen LogP contribution in [-0.2, 0) is 14.9 Å². The minimum absolute atomic E-state index is 0.107. The quantitative estimate of drug-likeness (QED) is 0.739. The van der Waals surface area contributed by atoms with Crippen LogP contribution in [0.4, 0.5) is 4.79 Å². The number of nitrogens with zero attached hydrogens (tertiary/aromatic N) is 1. The summed E-state index contributed by atoms with van der Waals surface area (Å²) < 4.78 is 30.9. The lowest BCUT2D eigenvalue weighted by molar-refractivity contribution is 0.0124. The molecule has 100 valence electrons. The molecule has 1 aliphatic rings. The molecule has 0 aliphatic carbocycles. The Hall–Kier alpha value is -0.860. The van der Waals surface area contributed by atoms with Gasteiger partial charge < -0.3 is 9.84 Å². The first-order valence-electron chi connectivity index (χ1n) is 5.44. The van der Waals surface area contributed by atoms with E-state index in [0.717, 1.165) is 4.31 Å². The molecule has 0 radical (unpaired) electrons. The number of hydrogen-bond donors (Lipinski definition) is 2. The summed E-state index contributed by atoms with van der Waals surface area (Å²) in [6, 6.07) is 0. The third kappa shape index (κ3) is 4.14. The average Bonchev–Trinajstić information content (AvgIpc) is 2.16. The van der Waals surface area contributed by atoms with E-state index in [1.807, 2.05) is 4.72 Å². The van der Waals surface area contributed by atoms with E-state index in [4.69, 9.17) is 0 Å². The van der Waals surface area contributed by atoms with Crippen LogP contribution in [0.5, 0.6) is 0 Å². The number of carbonyl (C=O) groups is 1. The maximum atomic E-state index is 11.7. The fourth-order valence-electron chi connectivity index (χ4n) is 1.54. The van der Waals surface area contributed by atoms with Crippen molar-refractivity contribution in [2.45, 2.75) is 32.3 Å². The Morgan fingerprint density at radius 3 is 2.47 bits per heavy atom. The summed E-state index contributed by atoms with van der Waals surface area (Å²) in [6.07, 6.45) is -0.294. The van der Waals surface area contributed by atoms with Gasteiger partial charge in [0.2, 0.25) is 0 Å². The third-order valence-corrected chi connectivity index (χ3v) is 4.10. The van der Waals surface area contributed by atoms with Gasteiger partial charge in [-0.15, -0.1) is 0 Å². The Balaban J connectivity index is 2.58. The van der Waals surface area contributed by atoms with Gasteiger partial charge >= 0.3 is 16.3 Å². The molecule has 0 atom stereocenters. The zero-order valence-corrected chi connectivity index (χ0v) is 10.8. The molecular formula is C9H18N2O5S. The highest BCUT2D eigenvalue weighted by atomic mass is 32.2. The third-order valence-electron chi connectivity index (χ3n) is 2.63. The van der Waals surface area contributed by atoms with Crippen molar-refractivity contribution >= 4 is 16.3 Å². The fraction of sp³-hybridized carbons (Fsp3) is 0.889. The van der Waals surface area contributed by atoms with Crippen molar-refractivity contribution in [3.05, 3.63) is 0 Å². The van der Waals surface area contributed by atoms with Crippen molar-refractivity contribution in [3.8, 4) is 0 Å². The van der Waals surface area contributed by atoms with Gasteiger partial charge in [0.25, 0.3) is 0 Å². The maximum absolute atomic E-state index is 11.7. The molecule has 0 aromatic rings. The summed E-state index contributed by atoms with van der Waals surface area (Å²) in [6.45, 7) is 3.72. The summed E-state index contributed by atoms with van der Waals surface area (Å²) in [5, 5.41) is 9.69. The molecule has 7 nitrogen and oxygen atoms in total. The summed E-state index contributed by atoms with van der Waals surface area (Å²) in [4.78, 5) is 11.0. The minimum Gasteiger partial charge on any atom is -0.449 e. The zero-order valence-electron chi connectivity index (χ0n) is 9.97. The Labute approximate surface area is 101 Å². The Morgan fingerprint density at radius 2 is 2.00 bits per heavy atom. The lowest BCUT2D eigenvalue weighted by Gasteiger charge is -2.34. The number of piperidine rings is 1. The predicted molar refractivity (Wildman–Crippen MR) is 60.5 cm³/mol. The predicted octanol–water partition coefficient (Wildman–Crippen LogP) is -0.176. The van der Waals surface area contributed by atoms with Gasteiger partial charge in [-0.1, -0.05) is 0 Å². The molecule has 0 bridgehead atoms. The molecule has 0 unspecified atom stereocenters. The van der Waals surface area contributed by atoms with Gasteiger partial charge in [-0.05, 0) is 26.7 Å². The van der Waals surface area contributed by atoms with Gasteiger partial charge in [0, 0.05) is 13.1 Å². The number of carbonyl (C=O) groups excluding carboxylic acids is 1. The van der Waals surface area contributed by atoms with E-state index in [9.17, 15) is 18.3 Å². The molecule has 2 N–H and O–H groups in total. The molecule has 0 spiro atoms. The number of amides is 1. The average molecular weight is 266 g/mol. The molecule has 1 rings (SSSR count). The Morgan fingerprint density at radius 1 is 1.47 bits per heavy atom. The summed E-state index contributed by atoms with van der Waals surface area (Å²) >= 11 is 0. The normalized spacial score (nSPS) is 20.9.